The van der Waals surface area contributed by atoms with Crippen molar-refractivity contribution in [3.8, 4) is 0 Å². The van der Waals surface area contributed by atoms with Gasteiger partial charge in [-0.25, -0.2) is 4.18 Å². The van der Waals surface area contributed by atoms with Gasteiger partial charge in [-0.1, -0.05) is 0 Å². The predicted molar refractivity (Wildman–Crippen MR) is 30.2 cm³/mol. The van der Waals surface area contributed by atoms with E-state index >= 15 is 0 Å². The molecule has 58 valence electrons. The van der Waals surface area contributed by atoms with Crippen molar-refractivity contribution in [2.24, 2.45) is 0 Å². The third-order valence-corrected chi connectivity index (χ3v) is 0.879. The van der Waals surface area contributed by atoms with Gasteiger partial charge in [-0.3, -0.25) is 4.55 Å². The van der Waals surface area contributed by atoms with E-state index in [4.69, 9.17) is 4.55 Å². The molecular formula is C3H9LiO5S. The summed E-state index contributed by atoms with van der Waals surface area (Å²) in [6.07, 6.45) is 0. The van der Waals surface area contributed by atoms with Crippen LogP contribution in [0, 0.1) is 0 Å². The van der Waals surface area contributed by atoms with Crippen molar-refractivity contribution in [2.45, 2.75) is 6.92 Å². The van der Waals surface area contributed by atoms with Gasteiger partial charge in [0.15, 0.2) is 6.79 Å². The van der Waals surface area contributed by atoms with E-state index in [0.717, 1.165) is 0 Å². The van der Waals surface area contributed by atoms with Crippen LogP contribution in [0.5, 0.6) is 0 Å². The summed E-state index contributed by atoms with van der Waals surface area (Å²) in [5, 5.41) is 0. The molecule has 0 bridgehead atoms. The summed E-state index contributed by atoms with van der Waals surface area (Å²) in [4.78, 5) is 0. The van der Waals surface area contributed by atoms with Crippen molar-refractivity contribution in [3.05, 3.63) is 0 Å². The average molecular weight is 164 g/mol. The molecule has 0 spiro atoms. The van der Waals surface area contributed by atoms with Crippen LogP contribution in [-0.2, 0) is 19.3 Å². The maximum atomic E-state index is 9.76. The predicted octanol–water partition coefficient (Wildman–Crippen LogP) is -3.08. The monoisotopic (exact) mass is 164 g/mol. The molecule has 7 heteroatoms. The normalized spacial score (nSPS) is 10.6. The molecule has 0 aliphatic rings. The number of hydrogen-bond acceptors (Lipinski definition) is 4. The van der Waals surface area contributed by atoms with E-state index in [1.165, 1.54) is 0 Å². The molecule has 0 aliphatic carbocycles. The molecule has 0 amide bonds. The molecule has 0 heterocycles. The summed E-state index contributed by atoms with van der Waals surface area (Å²) in [5.41, 5.74) is 0. The van der Waals surface area contributed by atoms with E-state index < -0.39 is 17.2 Å². The van der Waals surface area contributed by atoms with Crippen molar-refractivity contribution >= 4 is 10.4 Å². The summed E-state index contributed by atoms with van der Waals surface area (Å²) in [5.74, 6) is 0. The van der Waals surface area contributed by atoms with Crippen LogP contribution in [0.1, 0.15) is 8.35 Å². The molecule has 0 aromatic rings. The van der Waals surface area contributed by atoms with Crippen molar-refractivity contribution in [1.82, 2.24) is 0 Å². The van der Waals surface area contributed by atoms with Crippen molar-refractivity contribution in [2.75, 3.05) is 13.4 Å². The second-order valence-corrected chi connectivity index (χ2v) is 2.25. The standard InChI is InChI=1S/C3H8O5S.Li.H/c1-2-7-3-8-9(4,5)6;;/h2-3H2,1H3,(H,4,5,6);;/q;+1;-1. The summed E-state index contributed by atoms with van der Waals surface area (Å²) in [6, 6.07) is 0. The maximum absolute atomic E-state index is 9.76. The summed E-state index contributed by atoms with van der Waals surface area (Å²) >= 11 is 0. The van der Waals surface area contributed by atoms with E-state index in [0.29, 0.717) is 6.61 Å². The van der Waals surface area contributed by atoms with Gasteiger partial charge < -0.3 is 6.16 Å². The first kappa shape index (κ1) is 13.0. The zero-order valence-electron chi connectivity index (χ0n) is 6.90. The van der Waals surface area contributed by atoms with Crippen LogP contribution in [0.3, 0.4) is 0 Å². The van der Waals surface area contributed by atoms with Crippen LogP contribution in [0.4, 0.5) is 0 Å². The topological polar surface area (TPSA) is 72.8 Å². The Morgan fingerprint density at radius 2 is 2.10 bits per heavy atom. The Hall–Kier alpha value is 0.427. The molecule has 0 atom stereocenters. The van der Waals surface area contributed by atoms with Crippen molar-refractivity contribution < 1.29 is 42.2 Å². The third-order valence-electron chi connectivity index (χ3n) is 0.484. The first-order valence-electron chi connectivity index (χ1n) is 2.26. The molecule has 0 rings (SSSR count). The van der Waals surface area contributed by atoms with Gasteiger partial charge in [-0.15, -0.1) is 0 Å². The molecule has 0 saturated heterocycles. The first-order valence-corrected chi connectivity index (χ1v) is 3.62. The van der Waals surface area contributed by atoms with E-state index in [2.05, 4.69) is 8.92 Å². The van der Waals surface area contributed by atoms with Gasteiger partial charge in [-0.2, -0.15) is 8.42 Å². The fourth-order valence-corrected chi connectivity index (χ4v) is 0.368. The van der Waals surface area contributed by atoms with E-state index in [1.54, 1.807) is 6.92 Å². The van der Waals surface area contributed by atoms with Gasteiger partial charge >= 0.3 is 29.3 Å². The zero-order chi connectivity index (χ0) is 7.33. The van der Waals surface area contributed by atoms with Gasteiger partial charge in [-0.05, 0) is 6.92 Å². The molecule has 0 fully saturated rings. The Morgan fingerprint density at radius 3 is 2.40 bits per heavy atom. The fraction of sp³-hybridized carbons (Fsp3) is 1.00. The number of ether oxygens (including phenoxy) is 1. The van der Waals surface area contributed by atoms with Crippen LogP contribution in [-0.4, -0.2) is 26.4 Å². The van der Waals surface area contributed by atoms with Crippen molar-refractivity contribution in [3.63, 3.8) is 0 Å². The first-order chi connectivity index (χ1) is 4.06. The molecule has 0 aromatic carbocycles. The second-order valence-electron chi connectivity index (χ2n) is 1.16. The van der Waals surface area contributed by atoms with E-state index in [1.807, 2.05) is 0 Å². The smallest absolute Gasteiger partial charge is 1.00 e. The van der Waals surface area contributed by atoms with Gasteiger partial charge in [0.05, 0.1) is 0 Å². The Morgan fingerprint density at radius 1 is 1.60 bits per heavy atom. The van der Waals surface area contributed by atoms with Crippen LogP contribution < -0.4 is 18.9 Å². The third kappa shape index (κ3) is 11.3. The minimum Gasteiger partial charge on any atom is -1.00 e. The van der Waals surface area contributed by atoms with E-state index in [-0.39, 0.29) is 20.3 Å². The average Bonchev–Trinajstić information content (AvgIpc) is 1.63. The summed E-state index contributed by atoms with van der Waals surface area (Å²) in [7, 11) is -4.32. The second kappa shape index (κ2) is 6.16. The van der Waals surface area contributed by atoms with Gasteiger partial charge in [0.25, 0.3) is 0 Å². The van der Waals surface area contributed by atoms with Crippen LogP contribution in [0.25, 0.3) is 0 Å². The van der Waals surface area contributed by atoms with Crippen LogP contribution in [0.2, 0.25) is 0 Å². The fourth-order valence-electron chi connectivity index (χ4n) is 0.178. The molecule has 0 aliphatic heterocycles. The Labute approximate surface area is 73.3 Å². The van der Waals surface area contributed by atoms with Gasteiger partial charge in [0.2, 0.25) is 0 Å². The largest absolute Gasteiger partial charge is 1.00 e. The molecule has 0 unspecified atom stereocenters. The Kier molecular flexibility index (Phi) is 8.04. The number of rotatable bonds is 4. The van der Waals surface area contributed by atoms with Crippen LogP contribution in [0.15, 0.2) is 0 Å². The summed E-state index contributed by atoms with van der Waals surface area (Å²) < 4.78 is 35.7. The maximum Gasteiger partial charge on any atom is 1.00 e. The Bertz CT molecular complexity index is 157. The van der Waals surface area contributed by atoms with Crippen LogP contribution >= 0.6 is 0 Å². The van der Waals surface area contributed by atoms with Crippen molar-refractivity contribution in [1.29, 1.82) is 0 Å². The molecule has 5 nitrogen and oxygen atoms in total. The Balaban J connectivity index is -0.000000320. The minimum atomic E-state index is -4.32. The molecule has 0 aromatic heterocycles. The molecular weight excluding hydrogens is 155 g/mol. The zero-order valence-corrected chi connectivity index (χ0v) is 6.72. The molecule has 1 N–H and O–H groups in total. The SMILES string of the molecule is CCOCOS(=O)(=O)O.[H-].[Li+]. The van der Waals surface area contributed by atoms with Gasteiger partial charge in [0.1, 0.15) is 0 Å². The molecule has 0 saturated carbocycles. The van der Waals surface area contributed by atoms with E-state index in [9.17, 15) is 8.42 Å². The summed E-state index contributed by atoms with van der Waals surface area (Å²) in [6.45, 7) is 1.58. The number of hydrogen-bond donors (Lipinski definition) is 1. The van der Waals surface area contributed by atoms with Gasteiger partial charge in [0, 0.05) is 6.61 Å². The molecule has 10 heavy (non-hydrogen) atoms. The molecule has 0 radical (unpaired) electrons. The minimum absolute atomic E-state index is 0. The quantitative estimate of drug-likeness (QED) is 0.206.